The number of nitrogens with zero attached hydrogens (tertiary/aromatic N) is 3. The highest BCUT2D eigenvalue weighted by molar-refractivity contribution is 6.99. The Balaban J connectivity index is 0.00000144. The van der Waals surface area contributed by atoms with Gasteiger partial charge >= 0.3 is 0 Å². The number of likely N-dealkylation sites (tertiary alicyclic amines) is 1. The minimum Gasteiger partial charge on any atom is -0.337 e. The molecule has 0 aliphatic carbocycles. The van der Waals surface area contributed by atoms with Gasteiger partial charge in [0.25, 0.3) is 5.91 Å². The molecule has 1 aliphatic rings. The highest BCUT2D eigenvalue weighted by Gasteiger charge is 2.35. The molecule has 0 radical (unpaired) electrons. The molecule has 0 bridgehead atoms. The van der Waals surface area contributed by atoms with Crippen molar-refractivity contribution in [1.82, 2.24) is 13.6 Å². The normalized spacial score (nSPS) is 23.0. The van der Waals surface area contributed by atoms with E-state index in [9.17, 15) is 4.79 Å². The molecule has 1 atom stereocenters. The van der Waals surface area contributed by atoms with Gasteiger partial charge in [0.05, 0.1) is 17.9 Å². The lowest BCUT2D eigenvalue weighted by Crippen LogP contribution is -2.54. The molecule has 1 fully saturated rings. The molecule has 1 aliphatic heterocycles. The van der Waals surface area contributed by atoms with Crippen LogP contribution in [-0.4, -0.2) is 38.7 Å². The molecule has 1 aromatic rings. The SMILES string of the molecule is CC1(C)CN(C(=O)c2cnsn2)CCC1N.Cl. The van der Waals surface area contributed by atoms with Crippen molar-refractivity contribution >= 4 is 30.0 Å². The Labute approximate surface area is 111 Å². The molecule has 1 unspecified atom stereocenters. The van der Waals surface area contributed by atoms with Gasteiger partial charge in [0.1, 0.15) is 0 Å². The maximum Gasteiger partial charge on any atom is 0.275 e. The Hall–Kier alpha value is -0.720. The molecule has 0 saturated carbocycles. The third kappa shape index (κ3) is 2.94. The van der Waals surface area contributed by atoms with E-state index in [0.29, 0.717) is 18.8 Å². The molecule has 2 N–H and O–H groups in total. The second kappa shape index (κ2) is 5.29. The fraction of sp³-hybridized carbons (Fsp3) is 0.700. The summed E-state index contributed by atoms with van der Waals surface area (Å²) in [6, 6.07) is 0.158. The Morgan fingerprint density at radius 3 is 2.88 bits per heavy atom. The zero-order chi connectivity index (χ0) is 11.8. The number of carbonyl (C=O) groups is 1. The fourth-order valence-corrected chi connectivity index (χ4v) is 2.38. The number of carbonyl (C=O) groups excluding carboxylic acids is 1. The van der Waals surface area contributed by atoms with Gasteiger partial charge in [-0.3, -0.25) is 4.79 Å². The third-order valence-corrected chi connectivity index (χ3v) is 3.66. The summed E-state index contributed by atoms with van der Waals surface area (Å²) in [6.45, 7) is 5.58. The topological polar surface area (TPSA) is 72.1 Å². The van der Waals surface area contributed by atoms with Gasteiger partial charge in [0.2, 0.25) is 0 Å². The summed E-state index contributed by atoms with van der Waals surface area (Å²) < 4.78 is 7.81. The van der Waals surface area contributed by atoms with Crippen molar-refractivity contribution < 1.29 is 4.79 Å². The number of hydrogen-bond donors (Lipinski definition) is 1. The van der Waals surface area contributed by atoms with Crippen molar-refractivity contribution in [1.29, 1.82) is 0 Å². The fourth-order valence-electron chi connectivity index (χ4n) is 1.97. The van der Waals surface area contributed by atoms with E-state index in [2.05, 4.69) is 22.6 Å². The second-order valence-corrected chi connectivity index (χ2v) is 5.46. The molecule has 1 saturated heterocycles. The van der Waals surface area contributed by atoms with Crippen molar-refractivity contribution in [2.45, 2.75) is 26.3 Å². The standard InChI is InChI=1S/C10H16N4OS.ClH/c1-10(2)6-14(4-3-8(10)11)9(15)7-5-12-16-13-7;/h5,8H,3-4,6,11H2,1-2H3;1H. The quantitative estimate of drug-likeness (QED) is 0.835. The molecule has 7 heteroatoms. The summed E-state index contributed by atoms with van der Waals surface area (Å²) in [5, 5.41) is 0. The van der Waals surface area contributed by atoms with Gasteiger partial charge < -0.3 is 10.6 Å². The third-order valence-electron chi connectivity index (χ3n) is 3.18. The first kappa shape index (κ1) is 14.3. The monoisotopic (exact) mass is 276 g/mol. The van der Waals surface area contributed by atoms with Gasteiger partial charge in [0.15, 0.2) is 5.69 Å². The molecule has 17 heavy (non-hydrogen) atoms. The Kier molecular flexibility index (Phi) is 4.46. The number of amides is 1. The van der Waals surface area contributed by atoms with Gasteiger partial charge in [-0.1, -0.05) is 13.8 Å². The number of halogens is 1. The molecule has 1 aromatic heterocycles. The van der Waals surface area contributed by atoms with Crippen LogP contribution in [0.15, 0.2) is 6.20 Å². The van der Waals surface area contributed by atoms with Crippen LogP contribution < -0.4 is 5.73 Å². The predicted octanol–water partition coefficient (Wildman–Crippen LogP) is 1.16. The van der Waals surface area contributed by atoms with E-state index >= 15 is 0 Å². The molecular weight excluding hydrogens is 260 g/mol. The van der Waals surface area contributed by atoms with Gasteiger partial charge in [-0.05, 0) is 11.8 Å². The smallest absolute Gasteiger partial charge is 0.275 e. The van der Waals surface area contributed by atoms with E-state index in [1.165, 1.54) is 6.20 Å². The summed E-state index contributed by atoms with van der Waals surface area (Å²) in [5.41, 5.74) is 6.44. The lowest BCUT2D eigenvalue weighted by Gasteiger charge is -2.42. The predicted molar refractivity (Wildman–Crippen MR) is 69.4 cm³/mol. The van der Waals surface area contributed by atoms with Crippen LogP contribution in [-0.2, 0) is 0 Å². The molecule has 5 nitrogen and oxygen atoms in total. The van der Waals surface area contributed by atoms with E-state index < -0.39 is 0 Å². The number of rotatable bonds is 1. The average Bonchev–Trinajstić information content (AvgIpc) is 2.74. The zero-order valence-electron chi connectivity index (χ0n) is 9.92. The highest BCUT2D eigenvalue weighted by Crippen LogP contribution is 2.28. The van der Waals surface area contributed by atoms with E-state index in [1.54, 1.807) is 0 Å². The van der Waals surface area contributed by atoms with E-state index in [1.807, 2.05) is 4.90 Å². The van der Waals surface area contributed by atoms with E-state index in [4.69, 9.17) is 5.73 Å². The van der Waals surface area contributed by atoms with Crippen molar-refractivity contribution in [2.24, 2.45) is 11.1 Å². The van der Waals surface area contributed by atoms with Crippen LogP contribution in [0.1, 0.15) is 30.8 Å². The molecule has 1 amide bonds. The number of aromatic nitrogens is 2. The average molecular weight is 277 g/mol. The maximum absolute atomic E-state index is 12.0. The van der Waals surface area contributed by atoms with Gasteiger partial charge in [0, 0.05) is 19.1 Å². The second-order valence-electron chi connectivity index (χ2n) is 4.90. The number of piperidine rings is 1. The minimum atomic E-state index is -0.0336. The van der Waals surface area contributed by atoms with Gasteiger partial charge in [-0.2, -0.15) is 8.75 Å². The first-order valence-corrected chi connectivity index (χ1v) is 6.06. The van der Waals surface area contributed by atoms with Crippen molar-refractivity contribution in [3.8, 4) is 0 Å². The molecule has 96 valence electrons. The largest absolute Gasteiger partial charge is 0.337 e. The minimum absolute atomic E-state index is 0. The Morgan fingerprint density at radius 1 is 1.65 bits per heavy atom. The van der Waals surface area contributed by atoms with Gasteiger partial charge in [-0.15, -0.1) is 12.4 Å². The lowest BCUT2D eigenvalue weighted by molar-refractivity contribution is 0.0528. The molecule has 2 heterocycles. The lowest BCUT2D eigenvalue weighted by atomic mass is 9.79. The first-order valence-electron chi connectivity index (χ1n) is 5.33. The highest BCUT2D eigenvalue weighted by atomic mass is 35.5. The summed E-state index contributed by atoms with van der Waals surface area (Å²) in [7, 11) is 0. The van der Waals surface area contributed by atoms with Crippen molar-refractivity contribution in [3.63, 3.8) is 0 Å². The zero-order valence-corrected chi connectivity index (χ0v) is 11.6. The Bertz CT molecular complexity index is 382. The molecular formula is C10H17ClN4OS. The number of nitrogens with two attached hydrogens (primary N) is 1. The summed E-state index contributed by atoms with van der Waals surface area (Å²) >= 11 is 1.06. The van der Waals surface area contributed by atoms with Crippen LogP contribution >= 0.6 is 24.1 Å². The number of hydrogen-bond acceptors (Lipinski definition) is 5. The van der Waals surface area contributed by atoms with Crippen LogP contribution in [0.2, 0.25) is 0 Å². The molecule has 0 spiro atoms. The molecule has 2 rings (SSSR count). The maximum atomic E-state index is 12.0. The van der Waals surface area contributed by atoms with Crippen LogP contribution in [0.4, 0.5) is 0 Å². The van der Waals surface area contributed by atoms with Crippen molar-refractivity contribution in [3.05, 3.63) is 11.9 Å². The van der Waals surface area contributed by atoms with E-state index in [0.717, 1.165) is 18.1 Å². The summed E-state index contributed by atoms with van der Waals surface area (Å²) in [4.78, 5) is 13.9. The first-order chi connectivity index (χ1) is 7.50. The van der Waals surface area contributed by atoms with E-state index in [-0.39, 0.29) is 29.8 Å². The van der Waals surface area contributed by atoms with Crippen LogP contribution in [0, 0.1) is 5.41 Å². The van der Waals surface area contributed by atoms with Crippen molar-refractivity contribution in [2.75, 3.05) is 13.1 Å². The van der Waals surface area contributed by atoms with Gasteiger partial charge in [-0.25, -0.2) is 0 Å². The summed E-state index contributed by atoms with van der Waals surface area (Å²) in [6.07, 6.45) is 2.37. The van der Waals surface area contributed by atoms with Crippen LogP contribution in [0.5, 0.6) is 0 Å². The van der Waals surface area contributed by atoms with Crippen LogP contribution in [0.25, 0.3) is 0 Å². The summed E-state index contributed by atoms with van der Waals surface area (Å²) in [5.74, 6) is -0.0336. The Morgan fingerprint density at radius 2 is 2.35 bits per heavy atom. The van der Waals surface area contributed by atoms with Crippen LogP contribution in [0.3, 0.4) is 0 Å². The molecule has 0 aromatic carbocycles.